The smallest absolute Gasteiger partial charge is 0.325 e. The molecule has 0 saturated carbocycles. The van der Waals surface area contributed by atoms with Gasteiger partial charge in [0.2, 0.25) is 0 Å². The van der Waals surface area contributed by atoms with Crippen LogP contribution < -0.4 is 4.80 Å². The van der Waals surface area contributed by atoms with Crippen molar-refractivity contribution in [1.82, 2.24) is 4.57 Å². The van der Waals surface area contributed by atoms with Crippen LogP contribution in [0.4, 0.5) is 0 Å². The second kappa shape index (κ2) is 7.72. The molecule has 0 unspecified atom stereocenters. The van der Waals surface area contributed by atoms with Crippen LogP contribution in [-0.4, -0.2) is 23.6 Å². The first-order valence-electron chi connectivity index (χ1n) is 9.05. The van der Waals surface area contributed by atoms with E-state index in [1.54, 1.807) is 16.7 Å². The topological polar surface area (TPSA) is 60.7 Å². The first-order chi connectivity index (χ1) is 13.2. The van der Waals surface area contributed by atoms with E-state index in [-0.39, 0.29) is 23.8 Å². The number of methoxy groups -OCH3 is 1. The zero-order valence-corrected chi connectivity index (χ0v) is 17.6. The highest BCUT2D eigenvalue weighted by molar-refractivity contribution is 7.16. The van der Waals surface area contributed by atoms with Gasteiger partial charge in [-0.25, -0.2) is 0 Å². The van der Waals surface area contributed by atoms with Crippen molar-refractivity contribution in [2.24, 2.45) is 4.99 Å². The van der Waals surface area contributed by atoms with E-state index in [9.17, 15) is 9.59 Å². The van der Waals surface area contributed by atoms with Gasteiger partial charge in [-0.3, -0.25) is 9.59 Å². The van der Waals surface area contributed by atoms with Crippen LogP contribution in [0.1, 0.15) is 42.3 Å². The summed E-state index contributed by atoms with van der Waals surface area (Å²) < 4.78 is 7.50. The molecule has 3 rings (SSSR count). The van der Waals surface area contributed by atoms with Crippen molar-refractivity contribution >= 4 is 33.4 Å². The third kappa shape index (κ3) is 4.22. The van der Waals surface area contributed by atoms with E-state index in [4.69, 9.17) is 4.74 Å². The average Bonchev–Trinajstić information content (AvgIpc) is 2.97. The molecule has 28 heavy (non-hydrogen) atoms. The zero-order chi connectivity index (χ0) is 20.5. The molecule has 0 radical (unpaired) electrons. The molecule has 6 heteroatoms. The minimum atomic E-state index is -0.385. The van der Waals surface area contributed by atoms with Crippen LogP contribution in [0.25, 0.3) is 10.2 Å². The van der Waals surface area contributed by atoms with E-state index >= 15 is 0 Å². The summed E-state index contributed by atoms with van der Waals surface area (Å²) in [7, 11) is 1.35. The minimum absolute atomic E-state index is 0.00857. The van der Waals surface area contributed by atoms with E-state index < -0.39 is 0 Å². The summed E-state index contributed by atoms with van der Waals surface area (Å²) in [6, 6.07) is 13.4. The molecule has 1 heterocycles. The highest BCUT2D eigenvalue weighted by Crippen LogP contribution is 2.23. The van der Waals surface area contributed by atoms with Crippen LogP contribution in [0.2, 0.25) is 0 Å². The second-order valence-electron chi connectivity index (χ2n) is 7.76. The van der Waals surface area contributed by atoms with Crippen LogP contribution in [0, 0.1) is 6.92 Å². The number of carbonyl (C=O) groups is 2. The Kier molecular flexibility index (Phi) is 5.52. The number of ether oxygens (including phenoxy) is 1. The standard InChI is InChI=1S/C22H24N2O3S/c1-14-6-11-17-18(12-14)28-21(24(17)13-19(25)27-5)23-20(26)15-7-9-16(10-8-15)22(2,3)4/h6-12H,13H2,1-5H3. The fraction of sp³-hybridized carbons (Fsp3) is 0.318. The number of benzene rings is 2. The number of hydrogen-bond donors (Lipinski definition) is 0. The van der Waals surface area contributed by atoms with Gasteiger partial charge in [-0.05, 0) is 47.7 Å². The highest BCUT2D eigenvalue weighted by atomic mass is 32.1. The quantitative estimate of drug-likeness (QED) is 0.623. The van der Waals surface area contributed by atoms with Gasteiger partial charge in [-0.2, -0.15) is 4.99 Å². The lowest BCUT2D eigenvalue weighted by Gasteiger charge is -2.18. The Hall–Kier alpha value is -2.73. The summed E-state index contributed by atoms with van der Waals surface area (Å²) in [5.41, 5.74) is 3.66. The number of hydrogen-bond acceptors (Lipinski definition) is 4. The molecule has 0 aliphatic rings. The fourth-order valence-corrected chi connectivity index (χ4v) is 4.00. The molecule has 0 fully saturated rings. The number of amides is 1. The predicted octanol–water partition coefficient (Wildman–Crippen LogP) is 4.22. The third-order valence-corrected chi connectivity index (χ3v) is 5.59. The van der Waals surface area contributed by atoms with Crippen molar-refractivity contribution in [3.8, 4) is 0 Å². The van der Waals surface area contributed by atoms with E-state index in [0.717, 1.165) is 21.3 Å². The van der Waals surface area contributed by atoms with Gasteiger partial charge in [0, 0.05) is 5.56 Å². The zero-order valence-electron chi connectivity index (χ0n) is 16.8. The van der Waals surface area contributed by atoms with Gasteiger partial charge < -0.3 is 9.30 Å². The van der Waals surface area contributed by atoms with Crippen molar-refractivity contribution in [2.75, 3.05) is 7.11 Å². The Morgan fingerprint density at radius 1 is 1.11 bits per heavy atom. The number of aromatic nitrogens is 1. The summed E-state index contributed by atoms with van der Waals surface area (Å²) in [5.74, 6) is -0.717. The Morgan fingerprint density at radius 3 is 2.39 bits per heavy atom. The summed E-state index contributed by atoms with van der Waals surface area (Å²) in [4.78, 5) is 29.4. The van der Waals surface area contributed by atoms with Gasteiger partial charge >= 0.3 is 5.97 Å². The van der Waals surface area contributed by atoms with Gasteiger partial charge in [0.05, 0.1) is 17.3 Å². The maximum absolute atomic E-state index is 12.7. The van der Waals surface area contributed by atoms with E-state index in [0.29, 0.717) is 10.4 Å². The van der Waals surface area contributed by atoms with Gasteiger partial charge in [-0.1, -0.05) is 50.3 Å². The van der Waals surface area contributed by atoms with Crippen LogP contribution >= 0.6 is 11.3 Å². The van der Waals surface area contributed by atoms with Crippen molar-refractivity contribution in [3.05, 3.63) is 64.0 Å². The highest BCUT2D eigenvalue weighted by Gasteiger charge is 2.15. The molecule has 3 aromatic rings. The molecule has 1 amide bonds. The summed E-state index contributed by atoms with van der Waals surface area (Å²) in [6.45, 7) is 8.40. The minimum Gasteiger partial charge on any atom is -0.468 e. The number of esters is 1. The molecule has 0 spiro atoms. The van der Waals surface area contributed by atoms with Crippen LogP contribution in [0.15, 0.2) is 47.5 Å². The van der Waals surface area contributed by atoms with Gasteiger partial charge in [0.25, 0.3) is 5.91 Å². The second-order valence-corrected chi connectivity index (χ2v) is 8.77. The predicted molar refractivity (Wildman–Crippen MR) is 112 cm³/mol. The number of thiazole rings is 1. The molecule has 0 aliphatic heterocycles. The Bertz CT molecular complexity index is 1100. The maximum atomic E-state index is 12.7. The van der Waals surface area contributed by atoms with Gasteiger partial charge in [-0.15, -0.1) is 0 Å². The number of nitrogens with zero attached hydrogens (tertiary/aromatic N) is 2. The molecular formula is C22H24N2O3S. The van der Waals surface area contributed by atoms with Crippen LogP contribution in [0.3, 0.4) is 0 Å². The van der Waals surface area contributed by atoms with Crippen molar-refractivity contribution in [3.63, 3.8) is 0 Å². The molecule has 0 saturated heterocycles. The summed E-state index contributed by atoms with van der Waals surface area (Å²) >= 11 is 1.39. The van der Waals surface area contributed by atoms with Gasteiger partial charge in [0.15, 0.2) is 4.80 Å². The summed E-state index contributed by atoms with van der Waals surface area (Å²) in [6.07, 6.45) is 0. The third-order valence-electron chi connectivity index (χ3n) is 4.55. The molecular weight excluding hydrogens is 372 g/mol. The monoisotopic (exact) mass is 396 g/mol. The normalized spacial score (nSPS) is 12.4. The SMILES string of the molecule is COC(=O)Cn1c(=NC(=O)c2ccc(C(C)(C)C)cc2)sc2cc(C)ccc21. The molecule has 0 atom stereocenters. The van der Waals surface area contributed by atoms with E-state index in [1.807, 2.05) is 37.3 Å². The number of aryl methyl sites for hydroxylation is 1. The maximum Gasteiger partial charge on any atom is 0.325 e. The van der Waals surface area contributed by atoms with Gasteiger partial charge in [0.1, 0.15) is 6.54 Å². The summed E-state index contributed by atoms with van der Waals surface area (Å²) in [5, 5.41) is 0. The molecule has 0 N–H and O–H groups in total. The van der Waals surface area contributed by atoms with Crippen molar-refractivity contribution in [1.29, 1.82) is 0 Å². The lowest BCUT2D eigenvalue weighted by molar-refractivity contribution is -0.141. The molecule has 0 aliphatic carbocycles. The Balaban J connectivity index is 2.06. The lowest BCUT2D eigenvalue weighted by Crippen LogP contribution is -2.22. The van der Waals surface area contributed by atoms with Crippen LogP contribution in [0.5, 0.6) is 0 Å². The Morgan fingerprint density at radius 2 is 1.79 bits per heavy atom. The molecule has 0 bridgehead atoms. The lowest BCUT2D eigenvalue weighted by atomic mass is 9.87. The molecule has 1 aromatic heterocycles. The van der Waals surface area contributed by atoms with Crippen molar-refractivity contribution < 1.29 is 14.3 Å². The number of fused-ring (bicyclic) bond motifs is 1. The number of carbonyl (C=O) groups excluding carboxylic acids is 2. The first kappa shape index (κ1) is 20.0. The molecule has 2 aromatic carbocycles. The largest absolute Gasteiger partial charge is 0.468 e. The van der Waals surface area contributed by atoms with E-state index in [2.05, 4.69) is 25.8 Å². The number of rotatable bonds is 3. The van der Waals surface area contributed by atoms with E-state index in [1.165, 1.54) is 18.4 Å². The Labute approximate surface area is 168 Å². The molecule has 146 valence electrons. The average molecular weight is 397 g/mol. The molecule has 5 nitrogen and oxygen atoms in total. The van der Waals surface area contributed by atoms with Crippen LogP contribution in [-0.2, 0) is 21.5 Å². The fourth-order valence-electron chi connectivity index (χ4n) is 2.88. The first-order valence-corrected chi connectivity index (χ1v) is 9.87. The van der Waals surface area contributed by atoms with Crippen molar-refractivity contribution in [2.45, 2.75) is 39.7 Å².